The molecule has 0 amide bonds. The van der Waals surface area contributed by atoms with Gasteiger partial charge in [0.2, 0.25) is 0 Å². The van der Waals surface area contributed by atoms with Crippen molar-refractivity contribution in [3.8, 4) is 16.9 Å². The Morgan fingerprint density at radius 2 is 1.88 bits per heavy atom. The van der Waals surface area contributed by atoms with Gasteiger partial charge >= 0.3 is 0 Å². The summed E-state index contributed by atoms with van der Waals surface area (Å²) in [4.78, 5) is 17.1. The number of carbonyl (C=O) groups is 1. The molecule has 2 aromatic heterocycles. The Kier molecular flexibility index (Phi) is 2.94. The van der Waals surface area contributed by atoms with Crippen LogP contribution >= 0.6 is 0 Å². The lowest BCUT2D eigenvalue weighted by molar-refractivity contribution is 0.101. The van der Waals surface area contributed by atoms with E-state index in [2.05, 4.69) is 10.3 Å². The number of fused-ring (bicyclic) bond motifs is 5. The SMILES string of the molecule is O=C1CNc2cn(-c3ccccc3)nc2-c2c1ccc1cccnc21. The summed E-state index contributed by atoms with van der Waals surface area (Å²) in [6, 6.07) is 17.6. The van der Waals surface area contributed by atoms with Gasteiger partial charge in [-0.2, -0.15) is 5.10 Å². The monoisotopic (exact) mass is 326 g/mol. The molecular formula is C20H14N4O. The third-order valence-corrected chi connectivity index (χ3v) is 4.49. The molecule has 1 N–H and O–H groups in total. The average Bonchev–Trinajstić information content (AvgIpc) is 3.04. The highest BCUT2D eigenvalue weighted by Gasteiger charge is 2.25. The number of benzene rings is 2. The summed E-state index contributed by atoms with van der Waals surface area (Å²) in [7, 11) is 0. The Morgan fingerprint density at radius 1 is 1.00 bits per heavy atom. The fourth-order valence-electron chi connectivity index (χ4n) is 3.29. The number of ketones is 1. The van der Waals surface area contributed by atoms with E-state index in [1.807, 2.05) is 65.5 Å². The Morgan fingerprint density at radius 3 is 2.76 bits per heavy atom. The number of para-hydroxylation sites is 1. The molecule has 25 heavy (non-hydrogen) atoms. The summed E-state index contributed by atoms with van der Waals surface area (Å²) in [5.41, 5.74) is 4.84. The van der Waals surface area contributed by atoms with Crippen LogP contribution in [0.15, 0.2) is 67.0 Å². The van der Waals surface area contributed by atoms with E-state index in [0.29, 0.717) is 5.56 Å². The van der Waals surface area contributed by atoms with Crippen LogP contribution in [0.5, 0.6) is 0 Å². The first-order valence-corrected chi connectivity index (χ1v) is 8.11. The zero-order valence-corrected chi connectivity index (χ0v) is 13.3. The lowest BCUT2D eigenvalue weighted by atomic mass is 9.98. The largest absolute Gasteiger partial charge is 0.375 e. The van der Waals surface area contributed by atoms with Crippen LogP contribution in [0.4, 0.5) is 5.69 Å². The summed E-state index contributed by atoms with van der Waals surface area (Å²) in [6.07, 6.45) is 3.67. The van der Waals surface area contributed by atoms with Gasteiger partial charge in [0.25, 0.3) is 0 Å². The quantitative estimate of drug-likeness (QED) is 0.579. The maximum atomic E-state index is 12.5. The molecule has 0 bridgehead atoms. The normalized spacial score (nSPS) is 13.0. The van der Waals surface area contributed by atoms with Crippen molar-refractivity contribution in [1.29, 1.82) is 0 Å². The predicted octanol–water partition coefficient (Wildman–Crippen LogP) is 3.70. The molecule has 0 aliphatic carbocycles. The van der Waals surface area contributed by atoms with Crippen molar-refractivity contribution in [2.45, 2.75) is 0 Å². The van der Waals surface area contributed by atoms with Gasteiger partial charge in [0.1, 0.15) is 5.69 Å². The number of nitrogens with zero attached hydrogens (tertiary/aromatic N) is 3. The fourth-order valence-corrected chi connectivity index (χ4v) is 3.29. The zero-order chi connectivity index (χ0) is 16.8. The van der Waals surface area contributed by atoms with Crippen LogP contribution < -0.4 is 5.32 Å². The van der Waals surface area contributed by atoms with Crippen LogP contribution in [-0.2, 0) is 0 Å². The first-order valence-electron chi connectivity index (χ1n) is 8.11. The van der Waals surface area contributed by atoms with E-state index in [1.165, 1.54) is 0 Å². The van der Waals surface area contributed by atoms with Gasteiger partial charge in [0.05, 0.1) is 29.6 Å². The van der Waals surface area contributed by atoms with Crippen molar-refractivity contribution in [1.82, 2.24) is 14.8 Å². The molecule has 1 aliphatic heterocycles. The van der Waals surface area contributed by atoms with Crippen molar-refractivity contribution >= 4 is 22.4 Å². The minimum atomic E-state index is 0.0480. The number of hydrogen-bond acceptors (Lipinski definition) is 4. The van der Waals surface area contributed by atoms with Gasteiger partial charge in [-0.1, -0.05) is 30.3 Å². The zero-order valence-electron chi connectivity index (χ0n) is 13.3. The number of rotatable bonds is 1. The molecular weight excluding hydrogens is 312 g/mol. The Balaban J connectivity index is 1.82. The highest BCUT2D eigenvalue weighted by molar-refractivity contribution is 6.13. The molecule has 5 nitrogen and oxygen atoms in total. The summed E-state index contributed by atoms with van der Waals surface area (Å²) < 4.78 is 1.83. The van der Waals surface area contributed by atoms with E-state index >= 15 is 0 Å². The molecule has 120 valence electrons. The van der Waals surface area contributed by atoms with Crippen LogP contribution in [0.25, 0.3) is 27.8 Å². The van der Waals surface area contributed by atoms with E-state index < -0.39 is 0 Å². The van der Waals surface area contributed by atoms with Gasteiger partial charge in [-0.3, -0.25) is 9.78 Å². The van der Waals surface area contributed by atoms with E-state index in [1.54, 1.807) is 6.20 Å². The Labute approximate surface area is 143 Å². The first kappa shape index (κ1) is 13.9. The smallest absolute Gasteiger partial charge is 0.182 e. The highest BCUT2D eigenvalue weighted by Crippen LogP contribution is 2.37. The van der Waals surface area contributed by atoms with Crippen LogP contribution in [0.1, 0.15) is 10.4 Å². The number of aromatic nitrogens is 3. The van der Waals surface area contributed by atoms with E-state index in [9.17, 15) is 4.79 Å². The summed E-state index contributed by atoms with van der Waals surface area (Å²) in [5.74, 6) is 0.0480. The maximum Gasteiger partial charge on any atom is 0.182 e. The lowest BCUT2D eigenvalue weighted by Gasteiger charge is -2.08. The van der Waals surface area contributed by atoms with Gasteiger partial charge < -0.3 is 5.32 Å². The molecule has 1 aliphatic rings. The number of anilines is 1. The third kappa shape index (κ3) is 2.13. The van der Waals surface area contributed by atoms with Crippen molar-refractivity contribution in [3.05, 3.63) is 72.6 Å². The molecule has 0 saturated heterocycles. The minimum Gasteiger partial charge on any atom is -0.375 e. The van der Waals surface area contributed by atoms with Crippen molar-refractivity contribution in [2.24, 2.45) is 0 Å². The van der Waals surface area contributed by atoms with Crippen molar-refractivity contribution < 1.29 is 4.79 Å². The molecule has 0 spiro atoms. The van der Waals surface area contributed by atoms with E-state index in [4.69, 9.17) is 5.10 Å². The molecule has 4 aromatic rings. The predicted molar refractivity (Wildman–Crippen MR) is 97.1 cm³/mol. The number of hydrogen-bond donors (Lipinski definition) is 1. The third-order valence-electron chi connectivity index (χ3n) is 4.49. The van der Waals surface area contributed by atoms with Gasteiger partial charge in [0.15, 0.2) is 5.78 Å². The summed E-state index contributed by atoms with van der Waals surface area (Å²) >= 11 is 0. The average molecular weight is 326 g/mol. The topological polar surface area (TPSA) is 59.8 Å². The van der Waals surface area contributed by atoms with Crippen LogP contribution in [0.3, 0.4) is 0 Å². The molecule has 0 saturated carbocycles. The van der Waals surface area contributed by atoms with Crippen LogP contribution in [-0.4, -0.2) is 27.1 Å². The molecule has 5 rings (SSSR count). The standard InChI is InChI=1S/C20H14N4O/c25-17-11-22-16-12-24(14-6-2-1-3-7-14)23-20(16)18-15(17)9-8-13-5-4-10-21-19(13)18/h1-10,12,22H,11H2. The maximum absolute atomic E-state index is 12.5. The van der Waals surface area contributed by atoms with Crippen LogP contribution in [0, 0.1) is 0 Å². The van der Waals surface area contributed by atoms with Crippen molar-refractivity contribution in [2.75, 3.05) is 11.9 Å². The van der Waals surface area contributed by atoms with Gasteiger partial charge in [-0.05, 0) is 24.3 Å². The molecule has 0 radical (unpaired) electrons. The summed E-state index contributed by atoms with van der Waals surface area (Å²) in [5, 5.41) is 8.98. The van der Waals surface area contributed by atoms with E-state index in [-0.39, 0.29) is 12.3 Å². The molecule has 0 unspecified atom stereocenters. The number of nitrogens with one attached hydrogen (secondary N) is 1. The second-order valence-corrected chi connectivity index (χ2v) is 6.01. The highest BCUT2D eigenvalue weighted by atomic mass is 16.1. The number of Topliss-reactive ketones (excluding diaryl/α,β-unsaturated/α-hetero) is 1. The molecule has 5 heteroatoms. The molecule has 3 heterocycles. The molecule has 2 aromatic carbocycles. The van der Waals surface area contributed by atoms with Gasteiger partial charge in [-0.15, -0.1) is 0 Å². The Hall–Kier alpha value is -3.47. The van der Waals surface area contributed by atoms with Gasteiger partial charge in [-0.25, -0.2) is 4.68 Å². The fraction of sp³-hybridized carbons (Fsp3) is 0.0500. The van der Waals surface area contributed by atoms with Crippen LogP contribution in [0.2, 0.25) is 0 Å². The van der Waals surface area contributed by atoms with E-state index in [0.717, 1.165) is 33.5 Å². The molecule has 0 atom stereocenters. The van der Waals surface area contributed by atoms with Crippen molar-refractivity contribution in [3.63, 3.8) is 0 Å². The second kappa shape index (κ2) is 5.27. The first-order chi connectivity index (χ1) is 12.3. The number of pyridine rings is 1. The summed E-state index contributed by atoms with van der Waals surface area (Å²) in [6.45, 7) is 0.249. The second-order valence-electron chi connectivity index (χ2n) is 6.01. The lowest BCUT2D eigenvalue weighted by Crippen LogP contribution is -2.12. The van der Waals surface area contributed by atoms with Gasteiger partial charge in [0, 0.05) is 22.7 Å². The minimum absolute atomic E-state index is 0.0480. The number of carbonyl (C=O) groups excluding carboxylic acids is 1. The molecule has 0 fully saturated rings. The Bertz CT molecular complexity index is 1120.